The van der Waals surface area contributed by atoms with E-state index in [4.69, 9.17) is 25.5 Å². The summed E-state index contributed by atoms with van der Waals surface area (Å²) in [7, 11) is 0. The van der Waals surface area contributed by atoms with Gasteiger partial charge in [-0.05, 0) is 55.5 Å². The maximum atomic E-state index is 11.8. The molecule has 30 heavy (non-hydrogen) atoms. The summed E-state index contributed by atoms with van der Waals surface area (Å²) < 4.78 is 16.0. The third kappa shape index (κ3) is 5.96. The van der Waals surface area contributed by atoms with Gasteiger partial charge in [0.15, 0.2) is 6.61 Å². The summed E-state index contributed by atoms with van der Waals surface area (Å²) in [4.78, 5) is 23.5. The van der Waals surface area contributed by atoms with Gasteiger partial charge in [-0.25, -0.2) is 10.2 Å². The Morgan fingerprint density at radius 3 is 2.50 bits per heavy atom. The first kappa shape index (κ1) is 21.1. The Bertz CT molecular complexity index is 1030. The lowest BCUT2D eigenvalue weighted by atomic mass is 10.1. The number of hydrazone groups is 1. The predicted molar refractivity (Wildman–Crippen MR) is 113 cm³/mol. The highest BCUT2D eigenvalue weighted by molar-refractivity contribution is 6.30. The lowest BCUT2D eigenvalue weighted by molar-refractivity contribution is -0.123. The van der Waals surface area contributed by atoms with Crippen LogP contribution in [-0.2, 0) is 9.53 Å². The number of halogens is 1. The van der Waals surface area contributed by atoms with Gasteiger partial charge < -0.3 is 13.9 Å². The van der Waals surface area contributed by atoms with Crippen LogP contribution in [0, 0.1) is 0 Å². The molecule has 0 saturated carbocycles. The lowest BCUT2D eigenvalue weighted by Crippen LogP contribution is -2.24. The van der Waals surface area contributed by atoms with Gasteiger partial charge in [0.25, 0.3) is 5.91 Å². The Morgan fingerprint density at radius 1 is 1.07 bits per heavy atom. The first-order chi connectivity index (χ1) is 14.5. The minimum atomic E-state index is -0.414. The smallest absolute Gasteiger partial charge is 0.338 e. The van der Waals surface area contributed by atoms with E-state index in [9.17, 15) is 9.59 Å². The number of benzene rings is 2. The molecule has 1 aromatic heterocycles. The van der Waals surface area contributed by atoms with Crippen molar-refractivity contribution in [3.05, 3.63) is 77.0 Å². The van der Waals surface area contributed by atoms with E-state index in [1.807, 2.05) is 0 Å². The van der Waals surface area contributed by atoms with E-state index < -0.39 is 5.91 Å². The summed E-state index contributed by atoms with van der Waals surface area (Å²) in [6, 6.07) is 17.0. The number of carbonyl (C=O) groups is 2. The quantitative estimate of drug-likeness (QED) is 0.329. The van der Waals surface area contributed by atoms with E-state index in [0.29, 0.717) is 34.5 Å². The van der Waals surface area contributed by atoms with Crippen LogP contribution in [0.25, 0.3) is 11.3 Å². The molecule has 0 bridgehead atoms. The first-order valence-electron chi connectivity index (χ1n) is 9.13. The molecule has 0 saturated heterocycles. The van der Waals surface area contributed by atoms with E-state index in [1.54, 1.807) is 67.6 Å². The largest absolute Gasteiger partial charge is 0.484 e. The second-order valence-electron chi connectivity index (χ2n) is 6.04. The van der Waals surface area contributed by atoms with Crippen LogP contribution >= 0.6 is 11.6 Å². The van der Waals surface area contributed by atoms with Crippen LogP contribution in [-0.4, -0.2) is 31.3 Å². The standard InChI is InChI=1S/C22H19ClN2O5/c1-2-28-22(27)16-5-3-15(4-6-16)20-12-11-19(30-20)13-24-25-21(26)14-29-18-9-7-17(23)8-10-18/h3-13H,2,14H2,1H3,(H,25,26)/b24-13-. The molecule has 1 N–H and O–H groups in total. The van der Waals surface area contributed by atoms with Gasteiger partial charge in [0.2, 0.25) is 0 Å². The molecule has 7 nitrogen and oxygen atoms in total. The minimum Gasteiger partial charge on any atom is -0.484 e. The fourth-order valence-corrected chi connectivity index (χ4v) is 2.57. The normalized spacial score (nSPS) is 10.7. The lowest BCUT2D eigenvalue weighted by Gasteiger charge is -2.04. The van der Waals surface area contributed by atoms with Gasteiger partial charge in [-0.1, -0.05) is 23.7 Å². The molecule has 1 heterocycles. The Hall–Kier alpha value is -3.58. The van der Waals surface area contributed by atoms with Crippen LogP contribution in [0.5, 0.6) is 5.75 Å². The van der Waals surface area contributed by atoms with Gasteiger partial charge in [0.05, 0.1) is 18.4 Å². The average molecular weight is 427 g/mol. The summed E-state index contributed by atoms with van der Waals surface area (Å²) in [6.45, 7) is 1.90. The van der Waals surface area contributed by atoms with Crippen molar-refractivity contribution < 1.29 is 23.5 Å². The van der Waals surface area contributed by atoms with E-state index in [0.717, 1.165) is 5.56 Å². The van der Waals surface area contributed by atoms with Crippen LogP contribution in [0.1, 0.15) is 23.0 Å². The first-order valence-corrected chi connectivity index (χ1v) is 9.50. The van der Waals surface area contributed by atoms with Crippen molar-refractivity contribution in [1.82, 2.24) is 5.43 Å². The molecular formula is C22H19ClN2O5. The Balaban J connectivity index is 1.51. The Kier molecular flexibility index (Phi) is 7.24. The number of carbonyl (C=O) groups excluding carboxylic acids is 2. The zero-order chi connectivity index (χ0) is 21.3. The zero-order valence-electron chi connectivity index (χ0n) is 16.1. The van der Waals surface area contributed by atoms with Crippen molar-refractivity contribution in [3.8, 4) is 17.1 Å². The molecule has 0 radical (unpaired) electrons. The fourth-order valence-electron chi connectivity index (χ4n) is 2.44. The Morgan fingerprint density at radius 2 is 1.80 bits per heavy atom. The molecule has 154 valence electrons. The number of furan rings is 1. The molecule has 0 aliphatic carbocycles. The number of amides is 1. The summed E-state index contributed by atoms with van der Waals surface area (Å²) in [5.74, 6) is 0.806. The number of ether oxygens (including phenoxy) is 2. The second kappa shape index (κ2) is 10.3. The van der Waals surface area contributed by atoms with Crippen molar-refractivity contribution in [3.63, 3.8) is 0 Å². The molecule has 1 amide bonds. The van der Waals surface area contributed by atoms with Gasteiger partial charge in [-0.2, -0.15) is 5.10 Å². The summed E-state index contributed by atoms with van der Waals surface area (Å²) in [5, 5.41) is 4.44. The van der Waals surface area contributed by atoms with Gasteiger partial charge >= 0.3 is 5.97 Å². The van der Waals surface area contributed by atoms with Crippen LogP contribution in [0.2, 0.25) is 5.02 Å². The molecule has 2 aromatic carbocycles. The molecule has 0 fully saturated rings. The summed E-state index contributed by atoms with van der Waals surface area (Å²) >= 11 is 5.79. The average Bonchev–Trinajstić information content (AvgIpc) is 3.22. The van der Waals surface area contributed by atoms with Crippen LogP contribution in [0.15, 0.2) is 70.2 Å². The summed E-state index contributed by atoms with van der Waals surface area (Å²) in [6.07, 6.45) is 1.39. The van der Waals surface area contributed by atoms with Crippen molar-refractivity contribution in [2.24, 2.45) is 5.10 Å². The molecule has 8 heteroatoms. The molecule has 0 unspecified atom stereocenters. The van der Waals surface area contributed by atoms with Crippen LogP contribution in [0.4, 0.5) is 0 Å². The number of hydrogen-bond acceptors (Lipinski definition) is 6. The maximum absolute atomic E-state index is 11.8. The molecule has 0 aliphatic heterocycles. The van der Waals surface area contributed by atoms with Gasteiger partial charge in [0, 0.05) is 10.6 Å². The number of nitrogens with one attached hydrogen (secondary N) is 1. The van der Waals surface area contributed by atoms with Crippen molar-refractivity contribution in [1.29, 1.82) is 0 Å². The van der Waals surface area contributed by atoms with Crippen molar-refractivity contribution in [2.75, 3.05) is 13.2 Å². The van der Waals surface area contributed by atoms with E-state index in [-0.39, 0.29) is 12.6 Å². The molecule has 0 spiro atoms. The number of nitrogens with zero attached hydrogens (tertiary/aromatic N) is 1. The highest BCUT2D eigenvalue weighted by Crippen LogP contribution is 2.22. The Labute approximate surface area is 178 Å². The molecular weight excluding hydrogens is 408 g/mol. The molecule has 3 aromatic rings. The fraction of sp³-hybridized carbons (Fsp3) is 0.136. The predicted octanol–water partition coefficient (Wildman–Crippen LogP) is 4.31. The van der Waals surface area contributed by atoms with Crippen LogP contribution in [0.3, 0.4) is 0 Å². The van der Waals surface area contributed by atoms with Gasteiger partial charge in [-0.3, -0.25) is 4.79 Å². The SMILES string of the molecule is CCOC(=O)c1ccc(-c2ccc(/C=N\NC(=O)COc3ccc(Cl)cc3)o2)cc1. The minimum absolute atomic E-state index is 0.185. The molecule has 3 rings (SSSR count). The van der Waals surface area contributed by atoms with Crippen molar-refractivity contribution in [2.45, 2.75) is 6.92 Å². The number of hydrogen-bond donors (Lipinski definition) is 1. The number of rotatable bonds is 8. The molecule has 0 aliphatic rings. The van der Waals surface area contributed by atoms with Gasteiger partial charge in [0.1, 0.15) is 17.3 Å². The summed E-state index contributed by atoms with van der Waals surface area (Å²) in [5.41, 5.74) is 3.63. The highest BCUT2D eigenvalue weighted by atomic mass is 35.5. The van der Waals surface area contributed by atoms with E-state index in [2.05, 4.69) is 10.5 Å². The topological polar surface area (TPSA) is 90.1 Å². The second-order valence-corrected chi connectivity index (χ2v) is 6.47. The van der Waals surface area contributed by atoms with Gasteiger partial charge in [-0.15, -0.1) is 0 Å². The third-order valence-corrected chi connectivity index (χ3v) is 4.12. The van der Waals surface area contributed by atoms with E-state index in [1.165, 1.54) is 6.21 Å². The third-order valence-electron chi connectivity index (χ3n) is 3.87. The molecule has 0 atom stereocenters. The number of esters is 1. The van der Waals surface area contributed by atoms with Crippen LogP contribution < -0.4 is 10.2 Å². The van der Waals surface area contributed by atoms with E-state index >= 15 is 0 Å². The monoisotopic (exact) mass is 426 g/mol. The maximum Gasteiger partial charge on any atom is 0.338 e. The highest BCUT2D eigenvalue weighted by Gasteiger charge is 2.08. The van der Waals surface area contributed by atoms with Crippen molar-refractivity contribution >= 4 is 29.7 Å². The zero-order valence-corrected chi connectivity index (χ0v) is 16.9.